The van der Waals surface area contributed by atoms with Gasteiger partial charge >= 0.3 is 0 Å². The van der Waals surface area contributed by atoms with E-state index in [0.29, 0.717) is 0 Å². The second-order valence-electron chi connectivity index (χ2n) is 4.77. The van der Waals surface area contributed by atoms with Crippen LogP contribution >= 0.6 is 11.8 Å². The van der Waals surface area contributed by atoms with E-state index in [1.807, 2.05) is 11.8 Å². The topological polar surface area (TPSA) is 41.1 Å². The van der Waals surface area contributed by atoms with Crippen molar-refractivity contribution in [3.05, 3.63) is 0 Å². The minimum atomic E-state index is 0.0694. The molecule has 0 aromatic heterocycles. The van der Waals surface area contributed by atoms with E-state index in [2.05, 4.69) is 17.6 Å². The van der Waals surface area contributed by atoms with Crippen molar-refractivity contribution in [2.24, 2.45) is 0 Å². The van der Waals surface area contributed by atoms with Crippen LogP contribution in [0.25, 0.3) is 0 Å². The van der Waals surface area contributed by atoms with Crippen LogP contribution in [-0.2, 0) is 4.79 Å². The first-order valence-corrected chi connectivity index (χ1v) is 6.83. The fourth-order valence-electron chi connectivity index (χ4n) is 2.28. The SMILES string of the molecule is CC1(CNC(=O)[C@@H]2CCCN2)CCCS1. The van der Waals surface area contributed by atoms with E-state index >= 15 is 0 Å². The molecule has 0 aromatic carbocycles. The van der Waals surface area contributed by atoms with Gasteiger partial charge in [-0.15, -0.1) is 0 Å². The Hall–Kier alpha value is -0.220. The molecule has 2 aliphatic heterocycles. The van der Waals surface area contributed by atoms with Crippen molar-refractivity contribution < 1.29 is 4.79 Å². The van der Waals surface area contributed by atoms with Crippen LogP contribution in [0.15, 0.2) is 0 Å². The van der Waals surface area contributed by atoms with E-state index in [9.17, 15) is 4.79 Å². The van der Waals surface area contributed by atoms with Crippen molar-refractivity contribution in [2.75, 3.05) is 18.8 Å². The second-order valence-corrected chi connectivity index (χ2v) is 6.45. The standard InChI is InChI=1S/C11H20N2OS/c1-11(5-3-7-15-11)8-13-10(14)9-4-2-6-12-9/h9,12H,2-8H2,1H3,(H,13,14)/t9-,11?/m0/s1. The van der Waals surface area contributed by atoms with Gasteiger partial charge in [0.25, 0.3) is 0 Å². The molecule has 1 unspecified atom stereocenters. The molecule has 3 nitrogen and oxygen atoms in total. The maximum absolute atomic E-state index is 11.8. The lowest BCUT2D eigenvalue weighted by molar-refractivity contribution is -0.122. The summed E-state index contributed by atoms with van der Waals surface area (Å²) >= 11 is 1.99. The molecule has 2 aliphatic rings. The minimum Gasteiger partial charge on any atom is -0.353 e. The first kappa shape index (κ1) is 11.3. The van der Waals surface area contributed by atoms with Crippen LogP contribution in [0.1, 0.15) is 32.6 Å². The molecule has 2 heterocycles. The van der Waals surface area contributed by atoms with Crippen LogP contribution < -0.4 is 10.6 Å². The van der Waals surface area contributed by atoms with Gasteiger partial charge in [0.2, 0.25) is 5.91 Å². The number of carbonyl (C=O) groups excluding carboxylic acids is 1. The summed E-state index contributed by atoms with van der Waals surface area (Å²) in [6.45, 7) is 4.08. The zero-order valence-corrected chi connectivity index (χ0v) is 10.2. The number of thioether (sulfide) groups is 1. The molecule has 4 heteroatoms. The number of rotatable bonds is 3. The van der Waals surface area contributed by atoms with Gasteiger partial charge in [0.15, 0.2) is 0 Å². The molecule has 2 atom stereocenters. The highest BCUT2D eigenvalue weighted by Crippen LogP contribution is 2.36. The van der Waals surface area contributed by atoms with Crippen LogP contribution in [0, 0.1) is 0 Å². The summed E-state index contributed by atoms with van der Waals surface area (Å²) < 4.78 is 0.286. The van der Waals surface area contributed by atoms with Crippen LogP contribution in [0.4, 0.5) is 0 Å². The third-order valence-electron chi connectivity index (χ3n) is 3.31. The van der Waals surface area contributed by atoms with Gasteiger partial charge in [-0.05, 0) is 44.9 Å². The Kier molecular flexibility index (Phi) is 3.57. The van der Waals surface area contributed by atoms with Gasteiger partial charge in [-0.25, -0.2) is 0 Å². The summed E-state index contributed by atoms with van der Waals surface area (Å²) in [7, 11) is 0. The van der Waals surface area contributed by atoms with Crippen molar-refractivity contribution in [1.29, 1.82) is 0 Å². The molecule has 0 saturated carbocycles. The molecule has 0 bridgehead atoms. The zero-order chi connectivity index (χ0) is 10.7. The smallest absolute Gasteiger partial charge is 0.237 e. The number of amides is 1. The van der Waals surface area contributed by atoms with E-state index in [0.717, 1.165) is 25.9 Å². The van der Waals surface area contributed by atoms with Crippen LogP contribution in [0.3, 0.4) is 0 Å². The summed E-state index contributed by atoms with van der Waals surface area (Å²) in [6.07, 6.45) is 4.65. The van der Waals surface area contributed by atoms with Gasteiger partial charge in [-0.2, -0.15) is 11.8 Å². The minimum absolute atomic E-state index is 0.0694. The van der Waals surface area contributed by atoms with Gasteiger partial charge in [0, 0.05) is 11.3 Å². The molecule has 1 amide bonds. The zero-order valence-electron chi connectivity index (χ0n) is 9.34. The largest absolute Gasteiger partial charge is 0.353 e. The Morgan fingerprint density at radius 3 is 3.07 bits per heavy atom. The van der Waals surface area contributed by atoms with E-state index in [1.165, 1.54) is 18.6 Å². The predicted octanol–water partition coefficient (Wildman–Crippen LogP) is 1.14. The van der Waals surface area contributed by atoms with Crippen molar-refractivity contribution in [3.63, 3.8) is 0 Å². The predicted molar refractivity (Wildman–Crippen MR) is 64.1 cm³/mol. The van der Waals surface area contributed by atoms with Gasteiger partial charge in [0.1, 0.15) is 0 Å². The average Bonchev–Trinajstić information content (AvgIpc) is 2.85. The highest BCUT2D eigenvalue weighted by Gasteiger charge is 2.31. The number of carbonyl (C=O) groups is 1. The van der Waals surface area contributed by atoms with Crippen molar-refractivity contribution in [2.45, 2.75) is 43.4 Å². The van der Waals surface area contributed by atoms with Crippen LogP contribution in [-0.4, -0.2) is 35.5 Å². The summed E-state index contributed by atoms with van der Waals surface area (Å²) in [4.78, 5) is 11.8. The van der Waals surface area contributed by atoms with Crippen molar-refractivity contribution in [3.8, 4) is 0 Å². The lowest BCUT2D eigenvalue weighted by Gasteiger charge is -2.23. The van der Waals surface area contributed by atoms with Gasteiger partial charge < -0.3 is 10.6 Å². The first-order chi connectivity index (χ1) is 7.20. The van der Waals surface area contributed by atoms with Gasteiger partial charge in [-0.3, -0.25) is 4.79 Å². The lowest BCUT2D eigenvalue weighted by atomic mass is 10.1. The van der Waals surface area contributed by atoms with E-state index < -0.39 is 0 Å². The third kappa shape index (κ3) is 2.88. The van der Waals surface area contributed by atoms with Crippen LogP contribution in [0.5, 0.6) is 0 Å². The number of hydrogen-bond acceptors (Lipinski definition) is 3. The molecule has 0 aliphatic carbocycles. The lowest BCUT2D eigenvalue weighted by Crippen LogP contribution is -2.45. The average molecular weight is 228 g/mol. The Balaban J connectivity index is 1.74. The number of nitrogens with one attached hydrogen (secondary N) is 2. The maximum Gasteiger partial charge on any atom is 0.237 e. The molecule has 2 fully saturated rings. The number of hydrogen-bond donors (Lipinski definition) is 2. The highest BCUT2D eigenvalue weighted by molar-refractivity contribution is 8.00. The molecule has 2 N–H and O–H groups in total. The van der Waals surface area contributed by atoms with Gasteiger partial charge in [0.05, 0.1) is 6.04 Å². The maximum atomic E-state index is 11.8. The highest BCUT2D eigenvalue weighted by atomic mass is 32.2. The summed E-state index contributed by atoms with van der Waals surface area (Å²) in [5.74, 6) is 1.44. The molecule has 2 rings (SSSR count). The van der Waals surface area contributed by atoms with Gasteiger partial charge in [-0.1, -0.05) is 0 Å². The normalized spacial score (nSPS) is 35.7. The van der Waals surface area contributed by atoms with E-state index in [-0.39, 0.29) is 16.7 Å². The summed E-state index contributed by atoms with van der Waals surface area (Å²) in [6, 6.07) is 0.0694. The van der Waals surface area contributed by atoms with E-state index in [1.54, 1.807) is 0 Å². The molecular weight excluding hydrogens is 208 g/mol. The fraction of sp³-hybridized carbons (Fsp3) is 0.909. The first-order valence-electron chi connectivity index (χ1n) is 5.85. The summed E-state index contributed by atoms with van der Waals surface area (Å²) in [5, 5.41) is 6.31. The third-order valence-corrected chi connectivity index (χ3v) is 4.85. The Morgan fingerprint density at radius 1 is 1.60 bits per heavy atom. The molecule has 0 aromatic rings. The Bertz CT molecular complexity index is 233. The summed E-state index contributed by atoms with van der Waals surface area (Å²) in [5.41, 5.74) is 0. The van der Waals surface area contributed by atoms with Crippen LogP contribution in [0.2, 0.25) is 0 Å². The monoisotopic (exact) mass is 228 g/mol. The van der Waals surface area contributed by atoms with Crippen molar-refractivity contribution >= 4 is 17.7 Å². The van der Waals surface area contributed by atoms with Crippen molar-refractivity contribution in [1.82, 2.24) is 10.6 Å². The Morgan fingerprint density at radius 2 is 2.47 bits per heavy atom. The Labute approximate surface area is 95.8 Å². The quantitative estimate of drug-likeness (QED) is 0.761. The van der Waals surface area contributed by atoms with E-state index in [4.69, 9.17) is 0 Å². The molecule has 86 valence electrons. The second kappa shape index (κ2) is 4.74. The fourth-order valence-corrected chi connectivity index (χ4v) is 3.53. The molecular formula is C11H20N2OS. The molecule has 2 saturated heterocycles. The molecule has 15 heavy (non-hydrogen) atoms. The molecule has 0 radical (unpaired) electrons. The molecule has 0 spiro atoms.